The SMILES string of the molecule is CC(=O)Nc1cccc(-c2nccc3ccccc23)c1. The van der Waals surface area contributed by atoms with Gasteiger partial charge in [-0.2, -0.15) is 0 Å². The molecule has 20 heavy (non-hydrogen) atoms. The molecule has 3 aromatic rings. The number of nitrogens with zero attached hydrogens (tertiary/aromatic N) is 1. The minimum absolute atomic E-state index is 0.0759. The van der Waals surface area contributed by atoms with Gasteiger partial charge in [-0.05, 0) is 23.6 Å². The van der Waals surface area contributed by atoms with Gasteiger partial charge in [0.05, 0.1) is 5.69 Å². The molecule has 0 saturated carbocycles. The molecular weight excluding hydrogens is 248 g/mol. The van der Waals surface area contributed by atoms with Gasteiger partial charge in [-0.1, -0.05) is 36.4 Å². The molecule has 1 amide bonds. The molecule has 0 radical (unpaired) electrons. The van der Waals surface area contributed by atoms with E-state index in [1.54, 1.807) is 0 Å². The molecule has 2 aromatic carbocycles. The van der Waals surface area contributed by atoms with Crippen LogP contribution < -0.4 is 5.32 Å². The highest BCUT2D eigenvalue weighted by Gasteiger charge is 2.06. The first-order valence-corrected chi connectivity index (χ1v) is 6.46. The van der Waals surface area contributed by atoms with Gasteiger partial charge >= 0.3 is 0 Å². The second kappa shape index (κ2) is 5.13. The number of carbonyl (C=O) groups excluding carboxylic acids is 1. The van der Waals surface area contributed by atoms with Crippen molar-refractivity contribution in [1.82, 2.24) is 4.98 Å². The van der Waals surface area contributed by atoms with Gasteiger partial charge in [0.25, 0.3) is 0 Å². The first kappa shape index (κ1) is 12.4. The first-order valence-electron chi connectivity index (χ1n) is 6.46. The molecule has 0 aliphatic carbocycles. The fourth-order valence-corrected chi connectivity index (χ4v) is 2.30. The van der Waals surface area contributed by atoms with Crippen LogP contribution in [0, 0.1) is 0 Å². The van der Waals surface area contributed by atoms with Gasteiger partial charge in [-0.15, -0.1) is 0 Å². The average molecular weight is 262 g/mol. The number of benzene rings is 2. The second-order valence-corrected chi connectivity index (χ2v) is 4.64. The summed E-state index contributed by atoms with van der Waals surface area (Å²) in [7, 11) is 0. The van der Waals surface area contributed by atoms with Crippen molar-refractivity contribution in [3.8, 4) is 11.3 Å². The lowest BCUT2D eigenvalue weighted by atomic mass is 10.0. The predicted molar refractivity (Wildman–Crippen MR) is 81.5 cm³/mol. The maximum absolute atomic E-state index is 11.1. The minimum Gasteiger partial charge on any atom is -0.326 e. The lowest BCUT2D eigenvalue weighted by Crippen LogP contribution is -2.05. The largest absolute Gasteiger partial charge is 0.326 e. The Hall–Kier alpha value is -2.68. The third-order valence-corrected chi connectivity index (χ3v) is 3.13. The van der Waals surface area contributed by atoms with E-state index < -0.39 is 0 Å². The standard InChI is InChI=1S/C17H14N2O/c1-12(20)19-15-7-4-6-14(11-15)17-16-8-3-2-5-13(16)9-10-18-17/h2-11H,1H3,(H,19,20). The van der Waals surface area contributed by atoms with E-state index >= 15 is 0 Å². The molecule has 0 spiro atoms. The molecule has 0 fully saturated rings. The Labute approximate surface area is 117 Å². The monoisotopic (exact) mass is 262 g/mol. The molecule has 0 aliphatic rings. The summed E-state index contributed by atoms with van der Waals surface area (Å²) in [6, 6.07) is 17.9. The molecule has 0 bridgehead atoms. The Morgan fingerprint density at radius 3 is 2.75 bits per heavy atom. The van der Waals surface area contributed by atoms with Crippen molar-refractivity contribution in [3.05, 3.63) is 60.8 Å². The minimum atomic E-state index is -0.0759. The van der Waals surface area contributed by atoms with Gasteiger partial charge in [0.1, 0.15) is 0 Å². The number of nitrogens with one attached hydrogen (secondary N) is 1. The molecule has 1 N–H and O–H groups in total. The third-order valence-electron chi connectivity index (χ3n) is 3.13. The summed E-state index contributed by atoms with van der Waals surface area (Å²) in [5.74, 6) is -0.0759. The van der Waals surface area contributed by atoms with Gasteiger partial charge in [0.2, 0.25) is 5.91 Å². The van der Waals surface area contributed by atoms with Crippen molar-refractivity contribution < 1.29 is 4.79 Å². The molecule has 98 valence electrons. The summed E-state index contributed by atoms with van der Waals surface area (Å²) < 4.78 is 0. The molecule has 0 atom stereocenters. The molecule has 1 aromatic heterocycles. The normalized spacial score (nSPS) is 10.4. The van der Waals surface area contributed by atoms with E-state index in [0.29, 0.717) is 0 Å². The van der Waals surface area contributed by atoms with Crippen LogP contribution in [0.4, 0.5) is 5.69 Å². The fraction of sp³-hybridized carbons (Fsp3) is 0.0588. The number of rotatable bonds is 2. The van der Waals surface area contributed by atoms with E-state index in [1.165, 1.54) is 6.92 Å². The van der Waals surface area contributed by atoms with Crippen molar-refractivity contribution >= 4 is 22.4 Å². The van der Waals surface area contributed by atoms with Crippen molar-refractivity contribution in [2.24, 2.45) is 0 Å². The van der Waals surface area contributed by atoms with Crippen LogP contribution in [-0.2, 0) is 4.79 Å². The molecule has 0 unspecified atom stereocenters. The quantitative estimate of drug-likeness (QED) is 0.762. The zero-order chi connectivity index (χ0) is 13.9. The summed E-state index contributed by atoms with van der Waals surface area (Å²) >= 11 is 0. The van der Waals surface area contributed by atoms with Crippen molar-refractivity contribution in [3.63, 3.8) is 0 Å². The van der Waals surface area contributed by atoms with Crippen LogP contribution in [0.3, 0.4) is 0 Å². The molecule has 3 rings (SSSR count). The molecule has 1 heterocycles. The highest BCUT2D eigenvalue weighted by Crippen LogP contribution is 2.27. The number of hydrogen-bond acceptors (Lipinski definition) is 2. The van der Waals surface area contributed by atoms with Crippen LogP contribution in [0.25, 0.3) is 22.0 Å². The lowest BCUT2D eigenvalue weighted by molar-refractivity contribution is -0.114. The van der Waals surface area contributed by atoms with E-state index in [4.69, 9.17) is 0 Å². The second-order valence-electron chi connectivity index (χ2n) is 4.64. The highest BCUT2D eigenvalue weighted by atomic mass is 16.1. The molecule has 0 aliphatic heterocycles. The van der Waals surface area contributed by atoms with Gasteiger partial charge < -0.3 is 5.32 Å². The van der Waals surface area contributed by atoms with Gasteiger partial charge in [0.15, 0.2) is 0 Å². The average Bonchev–Trinajstić information content (AvgIpc) is 2.46. The summed E-state index contributed by atoms with van der Waals surface area (Å²) in [5.41, 5.74) is 2.70. The topological polar surface area (TPSA) is 42.0 Å². The summed E-state index contributed by atoms with van der Waals surface area (Å²) in [6.45, 7) is 1.50. The van der Waals surface area contributed by atoms with Crippen LogP contribution in [-0.4, -0.2) is 10.9 Å². The predicted octanol–water partition coefficient (Wildman–Crippen LogP) is 3.86. The molecule has 3 heteroatoms. The number of anilines is 1. The van der Waals surface area contributed by atoms with E-state index in [9.17, 15) is 4.79 Å². The maximum atomic E-state index is 11.1. The van der Waals surface area contributed by atoms with Crippen LogP contribution >= 0.6 is 0 Å². The number of hydrogen-bond donors (Lipinski definition) is 1. The fourth-order valence-electron chi connectivity index (χ4n) is 2.30. The molecule has 0 saturated heterocycles. The van der Waals surface area contributed by atoms with E-state index in [-0.39, 0.29) is 5.91 Å². The third kappa shape index (κ3) is 2.38. The maximum Gasteiger partial charge on any atom is 0.221 e. The van der Waals surface area contributed by atoms with Crippen LogP contribution in [0.15, 0.2) is 60.8 Å². The van der Waals surface area contributed by atoms with Crippen LogP contribution in [0.1, 0.15) is 6.92 Å². The summed E-state index contributed by atoms with van der Waals surface area (Å²) in [6.07, 6.45) is 1.81. The van der Waals surface area contributed by atoms with Gasteiger partial charge in [0, 0.05) is 29.8 Å². The Bertz CT molecular complexity index is 775. The number of carbonyl (C=O) groups is 1. The van der Waals surface area contributed by atoms with Gasteiger partial charge in [-0.25, -0.2) is 0 Å². The zero-order valence-electron chi connectivity index (χ0n) is 11.1. The summed E-state index contributed by atoms with van der Waals surface area (Å²) in [4.78, 5) is 15.6. The molecular formula is C17H14N2O. The lowest BCUT2D eigenvalue weighted by Gasteiger charge is -2.08. The number of pyridine rings is 1. The van der Waals surface area contributed by atoms with Crippen LogP contribution in [0.5, 0.6) is 0 Å². The Morgan fingerprint density at radius 2 is 1.90 bits per heavy atom. The first-order chi connectivity index (χ1) is 9.74. The Kier molecular flexibility index (Phi) is 3.17. The van der Waals surface area contributed by atoms with E-state index in [2.05, 4.69) is 22.4 Å². The van der Waals surface area contributed by atoms with Crippen molar-refractivity contribution in [2.45, 2.75) is 6.92 Å². The van der Waals surface area contributed by atoms with Crippen molar-refractivity contribution in [2.75, 3.05) is 5.32 Å². The van der Waals surface area contributed by atoms with E-state index in [1.807, 2.05) is 48.7 Å². The number of amides is 1. The zero-order valence-corrected chi connectivity index (χ0v) is 11.1. The number of aromatic nitrogens is 1. The Balaban J connectivity index is 2.13. The number of fused-ring (bicyclic) bond motifs is 1. The van der Waals surface area contributed by atoms with Crippen molar-refractivity contribution in [1.29, 1.82) is 0 Å². The van der Waals surface area contributed by atoms with Gasteiger partial charge in [-0.3, -0.25) is 9.78 Å². The highest BCUT2D eigenvalue weighted by molar-refractivity contribution is 5.95. The Morgan fingerprint density at radius 1 is 1.05 bits per heavy atom. The molecule has 3 nitrogen and oxygen atoms in total. The smallest absolute Gasteiger partial charge is 0.221 e. The van der Waals surface area contributed by atoms with Crippen LogP contribution in [0.2, 0.25) is 0 Å². The summed E-state index contributed by atoms with van der Waals surface area (Å²) in [5, 5.41) is 5.06. The van der Waals surface area contributed by atoms with E-state index in [0.717, 1.165) is 27.7 Å².